The average molecular weight is 262 g/mol. The van der Waals surface area contributed by atoms with E-state index < -0.39 is 5.97 Å². The summed E-state index contributed by atoms with van der Waals surface area (Å²) in [5.41, 5.74) is 0.802. The lowest BCUT2D eigenvalue weighted by molar-refractivity contribution is -0.139. The SMILES string of the molecule is CC(C)c1nnnn1-c1ccc(OCC(=O)O)cc1. The quantitative estimate of drug-likeness (QED) is 0.872. The van der Waals surface area contributed by atoms with Crippen molar-refractivity contribution < 1.29 is 14.6 Å². The zero-order chi connectivity index (χ0) is 13.8. The Bertz CT molecular complexity index is 563. The van der Waals surface area contributed by atoms with Gasteiger partial charge in [-0.3, -0.25) is 0 Å². The van der Waals surface area contributed by atoms with E-state index in [1.54, 1.807) is 28.9 Å². The van der Waals surface area contributed by atoms with Crippen LogP contribution in [0.1, 0.15) is 25.6 Å². The van der Waals surface area contributed by atoms with Crippen LogP contribution < -0.4 is 4.74 Å². The van der Waals surface area contributed by atoms with E-state index in [0.29, 0.717) is 5.75 Å². The summed E-state index contributed by atoms with van der Waals surface area (Å²) in [6.07, 6.45) is 0. The molecule has 1 heterocycles. The zero-order valence-electron chi connectivity index (χ0n) is 10.6. The summed E-state index contributed by atoms with van der Waals surface area (Å²) in [5.74, 6) is 0.453. The molecular weight excluding hydrogens is 248 g/mol. The number of carboxylic acids is 1. The van der Waals surface area contributed by atoms with Crippen LogP contribution in [0.4, 0.5) is 0 Å². The molecular formula is C12H14N4O3. The lowest BCUT2D eigenvalue weighted by Crippen LogP contribution is -2.09. The van der Waals surface area contributed by atoms with Crippen LogP contribution in [0.25, 0.3) is 5.69 Å². The molecule has 2 aromatic rings. The maximum Gasteiger partial charge on any atom is 0.341 e. The smallest absolute Gasteiger partial charge is 0.341 e. The average Bonchev–Trinajstić information content (AvgIpc) is 2.86. The van der Waals surface area contributed by atoms with E-state index >= 15 is 0 Å². The third kappa shape index (κ3) is 3.06. The minimum absolute atomic E-state index is 0.206. The summed E-state index contributed by atoms with van der Waals surface area (Å²) in [6, 6.07) is 6.92. The van der Waals surface area contributed by atoms with Gasteiger partial charge in [-0.25, -0.2) is 4.79 Å². The van der Waals surface area contributed by atoms with Crippen LogP contribution in [0.3, 0.4) is 0 Å². The molecule has 1 N–H and O–H groups in total. The predicted molar refractivity (Wildman–Crippen MR) is 66.4 cm³/mol. The third-order valence-corrected chi connectivity index (χ3v) is 2.45. The molecule has 0 bridgehead atoms. The summed E-state index contributed by atoms with van der Waals surface area (Å²) < 4.78 is 6.70. The topological polar surface area (TPSA) is 90.1 Å². The van der Waals surface area contributed by atoms with Gasteiger partial charge >= 0.3 is 5.97 Å². The van der Waals surface area contributed by atoms with Gasteiger partial charge in [0.25, 0.3) is 0 Å². The van der Waals surface area contributed by atoms with Gasteiger partial charge in [0.2, 0.25) is 0 Å². The number of nitrogens with zero attached hydrogens (tertiary/aromatic N) is 4. The van der Waals surface area contributed by atoms with Crippen molar-refractivity contribution in [3.05, 3.63) is 30.1 Å². The van der Waals surface area contributed by atoms with Crippen molar-refractivity contribution in [2.45, 2.75) is 19.8 Å². The summed E-state index contributed by atoms with van der Waals surface area (Å²) in [4.78, 5) is 10.4. The number of benzene rings is 1. The van der Waals surface area contributed by atoms with E-state index in [4.69, 9.17) is 9.84 Å². The number of rotatable bonds is 5. The molecule has 2 rings (SSSR count). The first-order chi connectivity index (χ1) is 9.08. The Labute approximate surface area is 109 Å². The fourth-order valence-corrected chi connectivity index (χ4v) is 1.57. The first-order valence-electron chi connectivity index (χ1n) is 5.81. The van der Waals surface area contributed by atoms with E-state index in [1.165, 1.54) is 0 Å². The maximum absolute atomic E-state index is 10.4. The minimum atomic E-state index is -1.01. The molecule has 0 atom stereocenters. The van der Waals surface area contributed by atoms with Crippen molar-refractivity contribution in [2.24, 2.45) is 0 Å². The van der Waals surface area contributed by atoms with Crippen molar-refractivity contribution in [1.29, 1.82) is 0 Å². The Morgan fingerprint density at radius 3 is 2.63 bits per heavy atom. The standard InChI is InChI=1S/C12H14N4O3/c1-8(2)12-13-14-15-16(12)9-3-5-10(6-4-9)19-7-11(17)18/h3-6,8H,7H2,1-2H3,(H,17,18). The van der Waals surface area contributed by atoms with Crippen LogP contribution in [0, 0.1) is 0 Å². The van der Waals surface area contributed by atoms with Crippen LogP contribution in [0.2, 0.25) is 0 Å². The van der Waals surface area contributed by atoms with Crippen molar-refractivity contribution in [2.75, 3.05) is 6.61 Å². The largest absolute Gasteiger partial charge is 0.482 e. The Kier molecular flexibility index (Phi) is 3.74. The molecule has 0 saturated carbocycles. The highest BCUT2D eigenvalue weighted by molar-refractivity contribution is 5.68. The Balaban J connectivity index is 2.18. The number of carboxylic acid groups (broad SMARTS) is 1. The molecule has 100 valence electrons. The van der Waals surface area contributed by atoms with Crippen LogP contribution >= 0.6 is 0 Å². The summed E-state index contributed by atoms with van der Waals surface area (Å²) >= 11 is 0. The molecule has 0 aliphatic carbocycles. The molecule has 0 aliphatic rings. The highest BCUT2D eigenvalue weighted by atomic mass is 16.5. The van der Waals surface area contributed by atoms with Gasteiger partial charge in [-0.1, -0.05) is 13.8 Å². The lowest BCUT2D eigenvalue weighted by Gasteiger charge is -2.08. The van der Waals surface area contributed by atoms with Gasteiger partial charge in [0.1, 0.15) is 5.75 Å². The number of hydrogen-bond acceptors (Lipinski definition) is 5. The van der Waals surface area contributed by atoms with E-state index in [-0.39, 0.29) is 12.5 Å². The number of aliphatic carboxylic acids is 1. The van der Waals surface area contributed by atoms with E-state index in [9.17, 15) is 4.79 Å². The van der Waals surface area contributed by atoms with Gasteiger partial charge < -0.3 is 9.84 Å². The minimum Gasteiger partial charge on any atom is -0.482 e. The fourth-order valence-electron chi connectivity index (χ4n) is 1.57. The second kappa shape index (κ2) is 5.47. The summed E-state index contributed by atoms with van der Waals surface area (Å²) in [5, 5.41) is 20.1. The lowest BCUT2D eigenvalue weighted by atomic mass is 10.2. The van der Waals surface area contributed by atoms with E-state index in [2.05, 4.69) is 15.5 Å². The number of hydrogen-bond donors (Lipinski definition) is 1. The first-order valence-corrected chi connectivity index (χ1v) is 5.81. The zero-order valence-corrected chi connectivity index (χ0v) is 10.6. The molecule has 7 nitrogen and oxygen atoms in total. The molecule has 0 spiro atoms. The van der Waals surface area contributed by atoms with E-state index in [1.807, 2.05) is 13.8 Å². The van der Waals surface area contributed by atoms with Crippen molar-refractivity contribution in [3.8, 4) is 11.4 Å². The summed E-state index contributed by atoms with van der Waals surface area (Å²) in [6.45, 7) is 3.65. The van der Waals surface area contributed by atoms with Crippen molar-refractivity contribution >= 4 is 5.97 Å². The van der Waals surface area contributed by atoms with Gasteiger partial charge in [0, 0.05) is 5.92 Å². The van der Waals surface area contributed by atoms with Gasteiger partial charge in [0.05, 0.1) is 5.69 Å². The second-order valence-corrected chi connectivity index (χ2v) is 4.28. The Morgan fingerprint density at radius 2 is 2.05 bits per heavy atom. The molecule has 0 saturated heterocycles. The van der Waals surface area contributed by atoms with Crippen LogP contribution in [0.5, 0.6) is 5.75 Å². The Hall–Kier alpha value is -2.44. The number of tetrazole rings is 1. The van der Waals surface area contributed by atoms with Crippen LogP contribution in [0.15, 0.2) is 24.3 Å². The molecule has 0 fully saturated rings. The molecule has 0 amide bonds. The molecule has 0 radical (unpaired) electrons. The molecule has 7 heteroatoms. The monoisotopic (exact) mass is 262 g/mol. The van der Waals surface area contributed by atoms with Gasteiger partial charge in [-0.2, -0.15) is 4.68 Å². The van der Waals surface area contributed by atoms with E-state index in [0.717, 1.165) is 11.5 Å². The number of ether oxygens (including phenoxy) is 1. The molecule has 1 aromatic heterocycles. The van der Waals surface area contributed by atoms with Gasteiger partial charge in [-0.15, -0.1) is 5.10 Å². The first kappa shape index (κ1) is 13.0. The van der Waals surface area contributed by atoms with Gasteiger partial charge in [-0.05, 0) is 34.7 Å². The molecule has 0 aliphatic heterocycles. The second-order valence-electron chi connectivity index (χ2n) is 4.28. The molecule has 19 heavy (non-hydrogen) atoms. The number of aromatic nitrogens is 4. The normalized spacial score (nSPS) is 10.7. The predicted octanol–water partition coefficient (Wildman–Crippen LogP) is 1.25. The number of carbonyl (C=O) groups is 1. The van der Waals surface area contributed by atoms with Crippen molar-refractivity contribution in [1.82, 2.24) is 20.2 Å². The Morgan fingerprint density at radius 1 is 1.37 bits per heavy atom. The van der Waals surface area contributed by atoms with Gasteiger partial charge in [0.15, 0.2) is 12.4 Å². The maximum atomic E-state index is 10.4. The van der Waals surface area contributed by atoms with Crippen LogP contribution in [-0.2, 0) is 4.79 Å². The summed E-state index contributed by atoms with van der Waals surface area (Å²) in [7, 11) is 0. The molecule has 1 aromatic carbocycles. The third-order valence-electron chi connectivity index (χ3n) is 2.45. The fraction of sp³-hybridized carbons (Fsp3) is 0.333. The molecule has 0 unspecified atom stereocenters. The van der Waals surface area contributed by atoms with Crippen LogP contribution in [-0.4, -0.2) is 37.9 Å². The van der Waals surface area contributed by atoms with Crippen molar-refractivity contribution in [3.63, 3.8) is 0 Å². The highest BCUT2D eigenvalue weighted by Crippen LogP contribution is 2.18. The highest BCUT2D eigenvalue weighted by Gasteiger charge is 2.11.